The molecule has 1 saturated heterocycles. The van der Waals surface area contributed by atoms with E-state index in [4.69, 9.17) is 4.74 Å². The van der Waals surface area contributed by atoms with Crippen LogP contribution in [0.25, 0.3) is 0 Å². The average Bonchev–Trinajstić information content (AvgIpc) is 2.75. The highest BCUT2D eigenvalue weighted by atomic mass is 16.5. The molecule has 0 aromatic heterocycles. The first-order valence-electron chi connectivity index (χ1n) is 10.6. The van der Waals surface area contributed by atoms with Gasteiger partial charge < -0.3 is 25.0 Å². The highest BCUT2D eigenvalue weighted by Crippen LogP contribution is 2.20. The molecule has 1 heterocycles. The van der Waals surface area contributed by atoms with Crippen molar-refractivity contribution < 1.29 is 24.4 Å². The smallest absolute Gasteiger partial charge is 0.447 e. The Morgan fingerprint density at radius 2 is 2.03 bits per heavy atom. The zero-order valence-corrected chi connectivity index (χ0v) is 18.0. The summed E-state index contributed by atoms with van der Waals surface area (Å²) in [6.07, 6.45) is 3.46. The van der Waals surface area contributed by atoms with E-state index in [0.29, 0.717) is 13.0 Å². The van der Waals surface area contributed by atoms with E-state index >= 15 is 0 Å². The van der Waals surface area contributed by atoms with Crippen molar-refractivity contribution in [1.29, 1.82) is 5.26 Å². The Bertz CT molecular complexity index is 807. The molecule has 1 aliphatic rings. The maximum Gasteiger partial charge on any atom is 0.475 e. The van der Waals surface area contributed by atoms with Gasteiger partial charge in [-0.3, -0.25) is 4.79 Å². The summed E-state index contributed by atoms with van der Waals surface area (Å²) in [5, 5.41) is 31.0. The number of piperidine rings is 1. The van der Waals surface area contributed by atoms with E-state index in [2.05, 4.69) is 5.32 Å². The normalized spacial score (nSPS) is 17.6. The predicted molar refractivity (Wildman–Crippen MR) is 116 cm³/mol. The van der Waals surface area contributed by atoms with Crippen molar-refractivity contribution in [2.45, 2.75) is 51.5 Å². The van der Waals surface area contributed by atoms with E-state index in [1.54, 1.807) is 11.0 Å². The van der Waals surface area contributed by atoms with Gasteiger partial charge in [0.1, 0.15) is 18.2 Å². The quantitative estimate of drug-likeness (QED) is 0.331. The highest BCUT2D eigenvalue weighted by Gasteiger charge is 2.31. The maximum absolute atomic E-state index is 12.8. The van der Waals surface area contributed by atoms with Crippen LogP contribution in [0.4, 0.5) is 4.79 Å². The molecular weight excluding hydrogens is 397 g/mol. The number of ether oxygens (including phenoxy) is 1. The molecule has 2 amide bonds. The van der Waals surface area contributed by atoms with Gasteiger partial charge in [-0.05, 0) is 37.2 Å². The predicted octanol–water partition coefficient (Wildman–Crippen LogP) is 1.82. The van der Waals surface area contributed by atoms with Crippen molar-refractivity contribution in [1.82, 2.24) is 10.2 Å². The monoisotopic (exact) mass is 427 g/mol. The van der Waals surface area contributed by atoms with Crippen molar-refractivity contribution in [3.8, 4) is 6.07 Å². The summed E-state index contributed by atoms with van der Waals surface area (Å²) in [5.41, 5.74) is 0.934. The highest BCUT2D eigenvalue weighted by molar-refractivity contribution is 6.43. The fourth-order valence-corrected chi connectivity index (χ4v) is 3.55. The second-order valence-corrected chi connectivity index (χ2v) is 8.04. The van der Waals surface area contributed by atoms with Gasteiger partial charge in [-0.15, -0.1) is 0 Å². The fraction of sp³-hybridized carbons (Fsp3) is 0.500. The Labute approximate surface area is 183 Å². The summed E-state index contributed by atoms with van der Waals surface area (Å²) in [4.78, 5) is 26.7. The van der Waals surface area contributed by atoms with E-state index < -0.39 is 19.2 Å². The van der Waals surface area contributed by atoms with Crippen molar-refractivity contribution in [2.24, 2.45) is 5.92 Å². The van der Waals surface area contributed by atoms with Crippen LogP contribution in [0.15, 0.2) is 42.0 Å². The molecule has 2 atom stereocenters. The summed E-state index contributed by atoms with van der Waals surface area (Å²) in [5.74, 6) is -1.22. The van der Waals surface area contributed by atoms with E-state index in [0.717, 1.165) is 18.4 Å². The summed E-state index contributed by atoms with van der Waals surface area (Å²) in [7, 11) is -1.75. The Morgan fingerprint density at radius 1 is 1.32 bits per heavy atom. The second-order valence-electron chi connectivity index (χ2n) is 8.04. The van der Waals surface area contributed by atoms with Gasteiger partial charge in [-0.1, -0.05) is 50.3 Å². The molecule has 166 valence electrons. The van der Waals surface area contributed by atoms with E-state index in [-0.39, 0.29) is 36.5 Å². The summed E-state index contributed by atoms with van der Waals surface area (Å²) in [6, 6.07) is 10.8. The number of nitriles is 1. The topological polar surface area (TPSA) is 123 Å². The number of alkyl carbamates (subject to hydrolysis) is 1. The number of hydrogen-bond acceptors (Lipinski definition) is 6. The number of nitrogens with one attached hydrogen (secondary N) is 1. The Morgan fingerprint density at radius 3 is 2.65 bits per heavy atom. The van der Waals surface area contributed by atoms with E-state index in [1.165, 1.54) is 0 Å². The molecule has 2 rings (SSSR count). The first kappa shape index (κ1) is 24.4. The van der Waals surface area contributed by atoms with Gasteiger partial charge >= 0.3 is 13.2 Å². The third-order valence-electron chi connectivity index (χ3n) is 5.11. The molecule has 9 heteroatoms. The van der Waals surface area contributed by atoms with Crippen LogP contribution < -0.4 is 5.32 Å². The molecule has 0 aliphatic carbocycles. The number of carbonyl (C=O) groups is 2. The van der Waals surface area contributed by atoms with Gasteiger partial charge in [0.25, 0.3) is 5.91 Å². The second kappa shape index (κ2) is 12.1. The third kappa shape index (κ3) is 7.74. The lowest BCUT2D eigenvalue weighted by Gasteiger charge is -2.35. The summed E-state index contributed by atoms with van der Waals surface area (Å²) in [6.45, 7) is 4.26. The van der Waals surface area contributed by atoms with Gasteiger partial charge in [0.15, 0.2) is 0 Å². The van der Waals surface area contributed by atoms with Crippen LogP contribution in [0, 0.1) is 17.2 Å². The molecule has 1 fully saturated rings. The van der Waals surface area contributed by atoms with Crippen molar-refractivity contribution >= 4 is 19.1 Å². The Balaban J connectivity index is 1.96. The average molecular weight is 427 g/mol. The number of likely N-dealkylation sites (tertiary alicyclic amines) is 1. The molecule has 1 aliphatic heterocycles. The molecule has 0 saturated carbocycles. The van der Waals surface area contributed by atoms with Crippen LogP contribution >= 0.6 is 0 Å². The van der Waals surface area contributed by atoms with Gasteiger partial charge in [-0.2, -0.15) is 5.26 Å². The Kier molecular flexibility index (Phi) is 9.57. The molecule has 0 radical (unpaired) electrons. The van der Waals surface area contributed by atoms with Crippen LogP contribution in [0.1, 0.15) is 38.7 Å². The van der Waals surface area contributed by atoms with Crippen LogP contribution in [0.3, 0.4) is 0 Å². The number of amides is 2. The van der Waals surface area contributed by atoms with Crippen LogP contribution in [-0.2, 0) is 16.0 Å². The lowest BCUT2D eigenvalue weighted by molar-refractivity contribution is -0.131. The third-order valence-corrected chi connectivity index (χ3v) is 5.11. The molecule has 0 bridgehead atoms. The minimum Gasteiger partial charge on any atom is -0.447 e. The molecule has 0 unspecified atom stereocenters. The minimum absolute atomic E-state index is 0.0302. The Hall–Kier alpha value is -2.83. The van der Waals surface area contributed by atoms with Gasteiger partial charge in [0.2, 0.25) is 0 Å². The molecule has 1 aromatic carbocycles. The van der Waals surface area contributed by atoms with Gasteiger partial charge in [-0.25, -0.2) is 4.79 Å². The lowest BCUT2D eigenvalue weighted by Crippen LogP contribution is -2.50. The number of rotatable bonds is 8. The zero-order chi connectivity index (χ0) is 22.8. The lowest BCUT2D eigenvalue weighted by atomic mass is 9.76. The van der Waals surface area contributed by atoms with E-state index in [1.807, 2.05) is 50.2 Å². The van der Waals surface area contributed by atoms with Crippen molar-refractivity contribution in [2.75, 3.05) is 13.2 Å². The van der Waals surface area contributed by atoms with Crippen LogP contribution in [0.5, 0.6) is 0 Å². The number of allylic oxidation sites excluding steroid dienone is 1. The first-order valence-corrected chi connectivity index (χ1v) is 10.6. The summed E-state index contributed by atoms with van der Waals surface area (Å²) < 4.78 is 5.31. The van der Waals surface area contributed by atoms with E-state index in [9.17, 15) is 24.9 Å². The maximum atomic E-state index is 12.8. The molecular formula is C22H30BN3O5. The van der Waals surface area contributed by atoms with Crippen LogP contribution in [0.2, 0.25) is 0 Å². The number of benzene rings is 1. The molecule has 3 N–H and O–H groups in total. The number of nitrogens with zero attached hydrogens (tertiary/aromatic N) is 2. The molecule has 0 spiro atoms. The number of hydrogen-bond donors (Lipinski definition) is 3. The fourth-order valence-electron chi connectivity index (χ4n) is 3.55. The minimum atomic E-state index is -1.75. The van der Waals surface area contributed by atoms with Crippen molar-refractivity contribution in [3.63, 3.8) is 0 Å². The molecule has 1 aromatic rings. The zero-order valence-electron chi connectivity index (χ0n) is 18.0. The molecule has 31 heavy (non-hydrogen) atoms. The standard InChI is InChI=1S/C22H30BN3O5/c1-16(2)12-18(14-24)21(27)26-11-7-6-10-19(26)15-31-22(28)25-20(23(29)30)13-17-8-4-3-5-9-17/h3-5,8-9,12,16,19-20,29-30H,6-7,10-11,13,15H2,1-2H3,(H,25,28)/t19-,20-/m0/s1. The number of carbonyl (C=O) groups excluding carboxylic acids is 2. The van der Waals surface area contributed by atoms with Gasteiger partial charge in [0, 0.05) is 6.54 Å². The SMILES string of the molecule is CC(C)C=C(C#N)C(=O)N1CCCC[C@H]1COC(=O)N[C@@H](Cc1ccccc1)B(O)O. The van der Waals surface area contributed by atoms with Crippen LogP contribution in [-0.4, -0.2) is 59.2 Å². The first-order chi connectivity index (χ1) is 14.8. The summed E-state index contributed by atoms with van der Waals surface area (Å²) >= 11 is 0. The van der Waals surface area contributed by atoms with Crippen molar-refractivity contribution in [3.05, 3.63) is 47.5 Å². The largest absolute Gasteiger partial charge is 0.475 e. The van der Waals surface area contributed by atoms with Gasteiger partial charge in [0.05, 0.1) is 12.0 Å². The molecule has 8 nitrogen and oxygen atoms in total.